The smallest absolute Gasteiger partial charge is 0.408 e. The zero-order chi connectivity index (χ0) is 20.5. The Bertz CT molecular complexity index is 743. The number of amides is 2. The number of hydrogen-bond donors (Lipinski definition) is 1. The maximum Gasteiger partial charge on any atom is 0.408 e. The standard InChI is InChI=1S/C21H28N2O5/c1-21(2,3)28-20(26)22-16-12-15-10-14(13-8-6-5-7-9-13)11-17(19(25)27-4)23(15)18(16)24/h5-9,14-17H,10-12H2,1-4H3,(H,22,26)/t14-,15-,16+,17+/m0/s1. The molecule has 0 bridgehead atoms. The van der Waals surface area contributed by atoms with E-state index in [-0.39, 0.29) is 17.9 Å². The first-order valence-electron chi connectivity index (χ1n) is 9.64. The van der Waals surface area contributed by atoms with Gasteiger partial charge in [-0.05, 0) is 51.5 Å². The number of esters is 1. The van der Waals surface area contributed by atoms with Crippen LogP contribution in [0.2, 0.25) is 0 Å². The molecule has 1 aromatic carbocycles. The highest BCUT2D eigenvalue weighted by atomic mass is 16.6. The van der Waals surface area contributed by atoms with Crippen molar-refractivity contribution in [3.8, 4) is 0 Å². The predicted octanol–water partition coefficient (Wildman–Crippen LogP) is 2.60. The molecule has 4 atom stereocenters. The molecule has 0 unspecified atom stereocenters. The molecule has 2 amide bonds. The molecule has 2 fully saturated rings. The molecule has 0 radical (unpaired) electrons. The molecular formula is C21H28N2O5. The van der Waals surface area contributed by atoms with Crippen molar-refractivity contribution in [1.82, 2.24) is 10.2 Å². The summed E-state index contributed by atoms with van der Waals surface area (Å²) in [6, 6.07) is 8.52. The lowest BCUT2D eigenvalue weighted by molar-refractivity contribution is -0.155. The maximum absolute atomic E-state index is 13.0. The summed E-state index contributed by atoms with van der Waals surface area (Å²) in [4.78, 5) is 39.1. The normalized spacial score (nSPS) is 27.1. The Morgan fingerprint density at radius 1 is 1.11 bits per heavy atom. The van der Waals surface area contributed by atoms with E-state index in [1.165, 1.54) is 7.11 Å². The number of carbonyl (C=O) groups is 3. The molecule has 0 aliphatic carbocycles. The van der Waals surface area contributed by atoms with Gasteiger partial charge in [0.1, 0.15) is 17.7 Å². The number of carbonyl (C=O) groups excluding carboxylic acids is 3. The molecule has 2 aliphatic rings. The largest absolute Gasteiger partial charge is 0.467 e. The summed E-state index contributed by atoms with van der Waals surface area (Å²) in [5.74, 6) is -0.519. The summed E-state index contributed by atoms with van der Waals surface area (Å²) in [5.41, 5.74) is 0.498. The van der Waals surface area contributed by atoms with Crippen LogP contribution in [-0.2, 0) is 19.1 Å². The molecule has 2 heterocycles. The summed E-state index contributed by atoms with van der Waals surface area (Å²) in [7, 11) is 1.33. The summed E-state index contributed by atoms with van der Waals surface area (Å²) in [5, 5.41) is 2.67. The number of nitrogens with one attached hydrogen (secondary N) is 1. The first-order valence-corrected chi connectivity index (χ1v) is 9.64. The minimum atomic E-state index is -0.693. The quantitative estimate of drug-likeness (QED) is 0.805. The van der Waals surface area contributed by atoms with Crippen LogP contribution in [0.4, 0.5) is 4.79 Å². The first kappa shape index (κ1) is 20.2. The van der Waals surface area contributed by atoms with Crippen LogP contribution in [0.25, 0.3) is 0 Å². The molecule has 0 spiro atoms. The maximum atomic E-state index is 13.0. The van der Waals surface area contributed by atoms with Crippen molar-refractivity contribution < 1.29 is 23.9 Å². The number of fused-ring (bicyclic) bond motifs is 1. The minimum absolute atomic E-state index is 0.129. The van der Waals surface area contributed by atoms with Crippen LogP contribution in [0.15, 0.2) is 30.3 Å². The molecule has 7 nitrogen and oxygen atoms in total. The molecule has 1 N–H and O–H groups in total. The van der Waals surface area contributed by atoms with Gasteiger partial charge in [-0.25, -0.2) is 9.59 Å². The third kappa shape index (κ3) is 4.29. The van der Waals surface area contributed by atoms with E-state index >= 15 is 0 Å². The Labute approximate surface area is 165 Å². The second-order valence-electron chi connectivity index (χ2n) is 8.45. The van der Waals surface area contributed by atoms with E-state index in [9.17, 15) is 14.4 Å². The van der Waals surface area contributed by atoms with Crippen LogP contribution in [0.1, 0.15) is 51.5 Å². The lowest BCUT2D eigenvalue weighted by Gasteiger charge is -2.40. The third-order valence-corrected chi connectivity index (χ3v) is 5.29. The van der Waals surface area contributed by atoms with E-state index in [2.05, 4.69) is 5.32 Å². The van der Waals surface area contributed by atoms with Gasteiger partial charge in [0.25, 0.3) is 0 Å². The van der Waals surface area contributed by atoms with Gasteiger partial charge >= 0.3 is 12.1 Å². The van der Waals surface area contributed by atoms with Crippen molar-refractivity contribution in [2.75, 3.05) is 7.11 Å². The van der Waals surface area contributed by atoms with Crippen LogP contribution in [0, 0.1) is 0 Å². The van der Waals surface area contributed by atoms with Crippen molar-refractivity contribution in [1.29, 1.82) is 0 Å². The number of alkyl carbamates (subject to hydrolysis) is 1. The number of hydrogen-bond acceptors (Lipinski definition) is 5. The van der Waals surface area contributed by atoms with Crippen LogP contribution < -0.4 is 5.32 Å². The van der Waals surface area contributed by atoms with Crippen LogP contribution >= 0.6 is 0 Å². The summed E-state index contributed by atoms with van der Waals surface area (Å²) < 4.78 is 10.2. The van der Waals surface area contributed by atoms with E-state index in [1.54, 1.807) is 25.7 Å². The molecule has 0 aromatic heterocycles. The van der Waals surface area contributed by atoms with Crippen LogP contribution in [0.5, 0.6) is 0 Å². The average molecular weight is 388 g/mol. The fraction of sp³-hybridized carbons (Fsp3) is 0.571. The van der Waals surface area contributed by atoms with E-state index in [0.717, 1.165) is 12.0 Å². The summed E-state index contributed by atoms with van der Waals surface area (Å²) in [6.07, 6.45) is 1.09. The van der Waals surface area contributed by atoms with Gasteiger partial charge in [-0.15, -0.1) is 0 Å². The van der Waals surface area contributed by atoms with E-state index in [4.69, 9.17) is 9.47 Å². The number of benzene rings is 1. The molecule has 1 aromatic rings. The average Bonchev–Trinajstić information content (AvgIpc) is 2.95. The number of piperidine rings is 1. The fourth-order valence-electron chi connectivity index (χ4n) is 4.19. The highest BCUT2D eigenvalue weighted by molar-refractivity contribution is 5.92. The molecule has 2 aliphatic heterocycles. The number of ether oxygens (including phenoxy) is 2. The van der Waals surface area contributed by atoms with Crippen molar-refractivity contribution in [2.45, 2.75) is 69.7 Å². The number of nitrogens with zero attached hydrogens (tertiary/aromatic N) is 1. The van der Waals surface area contributed by atoms with Gasteiger partial charge in [0.05, 0.1) is 7.11 Å². The highest BCUT2D eigenvalue weighted by Crippen LogP contribution is 2.40. The Morgan fingerprint density at radius 2 is 1.79 bits per heavy atom. The third-order valence-electron chi connectivity index (χ3n) is 5.29. The Balaban J connectivity index is 1.79. The monoisotopic (exact) mass is 388 g/mol. The summed E-state index contributed by atoms with van der Waals surface area (Å²) in [6.45, 7) is 5.30. The second-order valence-corrected chi connectivity index (χ2v) is 8.45. The van der Waals surface area contributed by atoms with Crippen molar-refractivity contribution in [2.24, 2.45) is 0 Å². The van der Waals surface area contributed by atoms with Gasteiger partial charge in [-0.2, -0.15) is 0 Å². The topological polar surface area (TPSA) is 84.9 Å². The highest BCUT2D eigenvalue weighted by Gasteiger charge is 2.50. The minimum Gasteiger partial charge on any atom is -0.467 e. The SMILES string of the molecule is COC(=O)[C@H]1C[C@@H](c2ccccc2)C[C@H]2C[C@@H](NC(=O)OC(C)(C)C)C(=O)N21. The summed E-state index contributed by atoms with van der Waals surface area (Å²) >= 11 is 0. The van der Waals surface area contributed by atoms with E-state index < -0.39 is 29.7 Å². The second kappa shape index (κ2) is 7.81. The van der Waals surface area contributed by atoms with Gasteiger partial charge in [0, 0.05) is 6.04 Å². The van der Waals surface area contributed by atoms with Gasteiger partial charge in [-0.3, -0.25) is 4.79 Å². The van der Waals surface area contributed by atoms with Crippen molar-refractivity contribution in [3.05, 3.63) is 35.9 Å². The zero-order valence-corrected chi connectivity index (χ0v) is 16.8. The van der Waals surface area contributed by atoms with E-state index in [0.29, 0.717) is 12.8 Å². The van der Waals surface area contributed by atoms with Crippen LogP contribution in [0.3, 0.4) is 0 Å². The van der Waals surface area contributed by atoms with Gasteiger partial charge in [-0.1, -0.05) is 30.3 Å². The molecular weight excluding hydrogens is 360 g/mol. The molecule has 2 saturated heterocycles. The Hall–Kier alpha value is -2.57. The Kier molecular flexibility index (Phi) is 5.63. The van der Waals surface area contributed by atoms with Crippen molar-refractivity contribution >= 4 is 18.0 Å². The van der Waals surface area contributed by atoms with Gasteiger partial charge in [0.15, 0.2) is 0 Å². The lowest BCUT2D eigenvalue weighted by atomic mass is 9.82. The zero-order valence-electron chi connectivity index (χ0n) is 16.8. The molecule has 28 heavy (non-hydrogen) atoms. The van der Waals surface area contributed by atoms with Gasteiger partial charge in [0.2, 0.25) is 5.91 Å². The van der Waals surface area contributed by atoms with Crippen molar-refractivity contribution in [3.63, 3.8) is 0 Å². The Morgan fingerprint density at radius 3 is 2.39 bits per heavy atom. The molecule has 3 rings (SSSR count). The lowest BCUT2D eigenvalue weighted by Crippen LogP contribution is -2.53. The number of methoxy groups -OCH3 is 1. The first-order chi connectivity index (χ1) is 13.2. The van der Waals surface area contributed by atoms with Crippen LogP contribution in [-0.4, -0.2) is 53.7 Å². The number of rotatable bonds is 3. The molecule has 0 saturated carbocycles. The van der Waals surface area contributed by atoms with Gasteiger partial charge < -0.3 is 19.7 Å². The predicted molar refractivity (Wildman–Crippen MR) is 103 cm³/mol. The molecule has 7 heteroatoms. The van der Waals surface area contributed by atoms with E-state index in [1.807, 2.05) is 30.3 Å². The molecule has 152 valence electrons. The fourth-order valence-corrected chi connectivity index (χ4v) is 4.19.